The Morgan fingerprint density at radius 3 is 2.42 bits per heavy atom. The van der Waals surface area contributed by atoms with Crippen molar-refractivity contribution in [1.82, 2.24) is 9.97 Å². The zero-order valence-corrected chi connectivity index (χ0v) is 12.0. The number of pyridine rings is 1. The zero-order valence-electron chi connectivity index (χ0n) is 11.2. The molecule has 1 aromatic carbocycles. The number of aryl methyl sites for hydroxylation is 2. The van der Waals surface area contributed by atoms with E-state index in [9.17, 15) is 0 Å². The Morgan fingerprint density at radius 1 is 0.947 bits per heavy atom. The summed E-state index contributed by atoms with van der Waals surface area (Å²) in [5, 5.41) is 1.05. The van der Waals surface area contributed by atoms with Gasteiger partial charge in [0.2, 0.25) is 0 Å². The molecule has 3 aromatic rings. The van der Waals surface area contributed by atoms with Crippen LogP contribution in [0.5, 0.6) is 0 Å². The summed E-state index contributed by atoms with van der Waals surface area (Å²) in [6.07, 6.45) is 0. The smallest absolute Gasteiger partial charge is 0.145 e. The number of benzene rings is 1. The van der Waals surface area contributed by atoms with Crippen LogP contribution in [0.1, 0.15) is 10.6 Å². The summed E-state index contributed by atoms with van der Waals surface area (Å²) in [6.45, 7) is 4.10. The molecule has 96 valence electrons. The lowest BCUT2D eigenvalue weighted by Crippen LogP contribution is -2.10. The number of thiazole rings is 1. The van der Waals surface area contributed by atoms with E-state index in [2.05, 4.69) is 46.1 Å². The molecule has 0 saturated heterocycles. The van der Waals surface area contributed by atoms with Gasteiger partial charge in [-0.15, -0.1) is 0 Å². The van der Waals surface area contributed by atoms with Crippen molar-refractivity contribution in [2.45, 2.75) is 13.8 Å². The number of rotatable bonds is 2. The summed E-state index contributed by atoms with van der Waals surface area (Å²) in [6, 6.07) is 12.5. The first-order chi connectivity index (χ1) is 9.13. The number of anilines is 2. The van der Waals surface area contributed by atoms with Gasteiger partial charge < -0.3 is 4.90 Å². The Kier molecular flexibility index (Phi) is 2.95. The molecule has 4 heteroatoms. The molecule has 0 unspecified atom stereocenters. The molecule has 0 N–H and O–H groups in total. The monoisotopic (exact) mass is 269 g/mol. The third kappa shape index (κ3) is 2.31. The molecule has 0 radical (unpaired) electrons. The molecule has 3 nitrogen and oxygen atoms in total. The highest BCUT2D eigenvalue weighted by atomic mass is 32.1. The molecule has 2 aromatic heterocycles. The minimum atomic E-state index is 0.944. The van der Waals surface area contributed by atoms with Gasteiger partial charge in [-0.2, -0.15) is 0 Å². The predicted molar refractivity (Wildman–Crippen MR) is 81.4 cm³/mol. The van der Waals surface area contributed by atoms with Gasteiger partial charge in [0.15, 0.2) is 0 Å². The first-order valence-corrected chi connectivity index (χ1v) is 7.00. The molecule has 0 saturated carbocycles. The lowest BCUT2D eigenvalue weighted by Gasteiger charge is -2.18. The Morgan fingerprint density at radius 2 is 1.68 bits per heavy atom. The second-order valence-corrected chi connectivity index (χ2v) is 5.80. The van der Waals surface area contributed by atoms with Crippen LogP contribution in [-0.2, 0) is 0 Å². The van der Waals surface area contributed by atoms with Crippen molar-refractivity contribution < 1.29 is 0 Å². The number of nitrogens with zero attached hydrogens (tertiary/aromatic N) is 3. The fourth-order valence-electron chi connectivity index (χ4n) is 2.00. The molecule has 2 heterocycles. The molecule has 0 bridgehead atoms. The van der Waals surface area contributed by atoms with Gasteiger partial charge in [0.25, 0.3) is 0 Å². The number of aromatic nitrogens is 2. The lowest BCUT2D eigenvalue weighted by atomic mass is 10.2. The van der Waals surface area contributed by atoms with Gasteiger partial charge in [0.1, 0.15) is 16.2 Å². The van der Waals surface area contributed by atoms with Gasteiger partial charge in [-0.25, -0.2) is 9.97 Å². The molecular formula is C15H15N3S. The third-order valence-corrected chi connectivity index (χ3v) is 3.99. The van der Waals surface area contributed by atoms with Crippen LogP contribution in [0.4, 0.5) is 11.5 Å². The van der Waals surface area contributed by atoms with Crippen molar-refractivity contribution in [3.63, 3.8) is 0 Å². The van der Waals surface area contributed by atoms with E-state index in [-0.39, 0.29) is 0 Å². The average Bonchev–Trinajstić information content (AvgIpc) is 2.77. The first kappa shape index (κ1) is 12.1. The number of fused-ring (bicyclic) bond motifs is 1. The van der Waals surface area contributed by atoms with E-state index in [0.717, 1.165) is 26.9 Å². The Labute approximate surface area is 116 Å². The van der Waals surface area contributed by atoms with E-state index in [1.807, 2.05) is 26.1 Å². The van der Waals surface area contributed by atoms with Crippen molar-refractivity contribution in [2.24, 2.45) is 0 Å². The topological polar surface area (TPSA) is 29.0 Å². The largest absolute Gasteiger partial charge is 0.329 e. The van der Waals surface area contributed by atoms with Crippen LogP contribution < -0.4 is 4.90 Å². The van der Waals surface area contributed by atoms with Crippen LogP contribution in [0.15, 0.2) is 36.4 Å². The van der Waals surface area contributed by atoms with Gasteiger partial charge in [0.05, 0.1) is 5.01 Å². The molecule has 0 spiro atoms. The fraction of sp³-hybridized carbons (Fsp3) is 0.200. The van der Waals surface area contributed by atoms with Gasteiger partial charge in [-0.05, 0) is 38.1 Å². The van der Waals surface area contributed by atoms with Crippen LogP contribution in [0.3, 0.4) is 0 Å². The van der Waals surface area contributed by atoms with Crippen LogP contribution in [0, 0.1) is 13.8 Å². The second-order valence-electron chi connectivity index (χ2n) is 4.62. The minimum Gasteiger partial charge on any atom is -0.329 e. The Bertz CT molecular complexity index is 716. The maximum atomic E-state index is 4.68. The molecule has 0 atom stereocenters. The third-order valence-electron chi connectivity index (χ3n) is 3.11. The molecule has 0 aliphatic heterocycles. The summed E-state index contributed by atoms with van der Waals surface area (Å²) in [5.41, 5.74) is 3.38. The van der Waals surface area contributed by atoms with Crippen molar-refractivity contribution in [3.8, 4) is 0 Å². The summed E-state index contributed by atoms with van der Waals surface area (Å²) in [4.78, 5) is 12.2. The van der Waals surface area contributed by atoms with E-state index < -0.39 is 0 Å². The van der Waals surface area contributed by atoms with E-state index in [1.165, 1.54) is 5.56 Å². The van der Waals surface area contributed by atoms with Gasteiger partial charge >= 0.3 is 0 Å². The summed E-state index contributed by atoms with van der Waals surface area (Å²) >= 11 is 1.63. The normalized spacial score (nSPS) is 10.9. The standard InChI is InChI=1S/C15H15N3S/c1-10-4-6-12(7-5-10)18(3)14-9-8-13-15(17-14)19-11(2)16-13/h4-9H,1-3H3. The van der Waals surface area contributed by atoms with E-state index >= 15 is 0 Å². The van der Waals surface area contributed by atoms with Crippen LogP contribution in [0.25, 0.3) is 10.3 Å². The fourth-order valence-corrected chi connectivity index (χ4v) is 2.78. The quantitative estimate of drug-likeness (QED) is 0.702. The van der Waals surface area contributed by atoms with Crippen LogP contribution in [-0.4, -0.2) is 17.0 Å². The average molecular weight is 269 g/mol. The van der Waals surface area contributed by atoms with E-state index in [1.54, 1.807) is 11.3 Å². The Hall–Kier alpha value is -1.94. The Balaban J connectivity index is 2.00. The van der Waals surface area contributed by atoms with Crippen LogP contribution >= 0.6 is 11.3 Å². The molecule has 0 amide bonds. The van der Waals surface area contributed by atoms with Crippen LogP contribution in [0.2, 0.25) is 0 Å². The molecular weight excluding hydrogens is 254 g/mol. The highest BCUT2D eigenvalue weighted by Crippen LogP contribution is 2.26. The molecule has 3 rings (SSSR count). The highest BCUT2D eigenvalue weighted by Gasteiger charge is 2.08. The minimum absolute atomic E-state index is 0.944. The highest BCUT2D eigenvalue weighted by molar-refractivity contribution is 7.18. The molecule has 19 heavy (non-hydrogen) atoms. The number of hydrogen-bond donors (Lipinski definition) is 0. The van der Waals surface area contributed by atoms with Crippen molar-refractivity contribution in [1.29, 1.82) is 0 Å². The predicted octanol–water partition coefficient (Wildman–Crippen LogP) is 4.08. The molecule has 0 aliphatic rings. The number of hydrogen-bond acceptors (Lipinski definition) is 4. The maximum absolute atomic E-state index is 4.68. The maximum Gasteiger partial charge on any atom is 0.145 e. The summed E-state index contributed by atoms with van der Waals surface area (Å²) in [7, 11) is 2.03. The van der Waals surface area contributed by atoms with E-state index in [0.29, 0.717) is 0 Å². The van der Waals surface area contributed by atoms with E-state index in [4.69, 9.17) is 0 Å². The summed E-state index contributed by atoms with van der Waals surface area (Å²) < 4.78 is 0. The van der Waals surface area contributed by atoms with Crippen molar-refractivity contribution in [2.75, 3.05) is 11.9 Å². The van der Waals surface area contributed by atoms with Gasteiger partial charge in [-0.1, -0.05) is 29.0 Å². The lowest BCUT2D eigenvalue weighted by molar-refractivity contribution is 1.15. The SMILES string of the molecule is Cc1ccc(N(C)c2ccc3nc(C)sc3n2)cc1. The van der Waals surface area contributed by atoms with Gasteiger partial charge in [-0.3, -0.25) is 0 Å². The molecule has 0 aliphatic carbocycles. The second kappa shape index (κ2) is 4.63. The summed E-state index contributed by atoms with van der Waals surface area (Å²) in [5.74, 6) is 0.944. The van der Waals surface area contributed by atoms with Crippen molar-refractivity contribution in [3.05, 3.63) is 47.0 Å². The van der Waals surface area contributed by atoms with Crippen molar-refractivity contribution >= 4 is 33.2 Å². The van der Waals surface area contributed by atoms with Gasteiger partial charge in [0, 0.05) is 12.7 Å². The first-order valence-electron chi connectivity index (χ1n) is 6.18. The zero-order chi connectivity index (χ0) is 13.4. The molecule has 0 fully saturated rings.